The van der Waals surface area contributed by atoms with Gasteiger partial charge in [0.25, 0.3) is 0 Å². The number of carboxylic acid groups (broad SMARTS) is 2. The second-order valence-electron chi connectivity index (χ2n) is 6.67. The first-order chi connectivity index (χ1) is 11.6. The van der Waals surface area contributed by atoms with Crippen molar-refractivity contribution in [2.45, 2.75) is 96.8 Å². The number of unbranched alkanes of at least 4 members (excludes halogenated alkanes) is 7. The Kier molecular flexibility index (Phi) is 15.6. The molecule has 4 nitrogen and oxygen atoms in total. The average Bonchev–Trinajstić information content (AvgIpc) is 2.53. The summed E-state index contributed by atoms with van der Waals surface area (Å²) in [5.74, 6) is -0.632. The van der Waals surface area contributed by atoms with Crippen molar-refractivity contribution in [1.82, 2.24) is 0 Å². The van der Waals surface area contributed by atoms with Crippen molar-refractivity contribution in [2.24, 2.45) is 5.92 Å². The van der Waals surface area contributed by atoms with Gasteiger partial charge in [0.05, 0.1) is 0 Å². The zero-order valence-electron chi connectivity index (χ0n) is 15.3. The third-order valence-electron chi connectivity index (χ3n) is 4.48. The molecule has 0 aliphatic heterocycles. The molecule has 2 N–H and O–H groups in total. The molecule has 0 aromatic rings. The number of aliphatic carboxylic acids is 2. The second kappa shape index (κ2) is 16.5. The fourth-order valence-corrected chi connectivity index (χ4v) is 2.85. The smallest absolute Gasteiger partial charge is 0.303 e. The first-order valence-electron chi connectivity index (χ1n) is 9.64. The van der Waals surface area contributed by atoms with Crippen LogP contribution in [0.5, 0.6) is 0 Å². The van der Waals surface area contributed by atoms with Crippen molar-refractivity contribution < 1.29 is 19.8 Å². The average molecular weight is 341 g/mol. The Balaban J connectivity index is 3.49. The third kappa shape index (κ3) is 17.0. The van der Waals surface area contributed by atoms with Crippen molar-refractivity contribution >= 4 is 11.9 Å². The standard InChI is InChI=1S/C20H36O4/c1-2-18(15-11-8-9-13-17-20(23)24)14-10-6-4-3-5-7-12-16-19(21)22/h6,10,18H,2-5,7-9,11-17H2,1H3,(H,21,22)(H,23,24)/b10-6+. The van der Waals surface area contributed by atoms with E-state index >= 15 is 0 Å². The van der Waals surface area contributed by atoms with Gasteiger partial charge in [-0.1, -0.05) is 64.0 Å². The largest absolute Gasteiger partial charge is 0.481 e. The van der Waals surface area contributed by atoms with Gasteiger partial charge in [0.1, 0.15) is 0 Å². The summed E-state index contributed by atoms with van der Waals surface area (Å²) in [6.07, 6.45) is 18.1. The minimum Gasteiger partial charge on any atom is -0.481 e. The lowest BCUT2D eigenvalue weighted by atomic mass is 9.94. The van der Waals surface area contributed by atoms with E-state index in [2.05, 4.69) is 19.1 Å². The van der Waals surface area contributed by atoms with Crippen LogP contribution in [-0.2, 0) is 9.59 Å². The molecule has 1 atom stereocenters. The Labute approximate surface area is 147 Å². The van der Waals surface area contributed by atoms with Crippen LogP contribution in [0.2, 0.25) is 0 Å². The molecule has 4 heteroatoms. The number of carbonyl (C=O) groups is 2. The van der Waals surface area contributed by atoms with Crippen LogP contribution in [0.15, 0.2) is 12.2 Å². The molecule has 0 aromatic heterocycles. The van der Waals surface area contributed by atoms with Crippen LogP contribution in [0.4, 0.5) is 0 Å². The molecule has 0 fully saturated rings. The molecule has 0 radical (unpaired) electrons. The van der Waals surface area contributed by atoms with E-state index in [1.54, 1.807) is 0 Å². The quantitative estimate of drug-likeness (QED) is 0.259. The Morgan fingerprint density at radius 1 is 0.792 bits per heavy atom. The SMILES string of the molecule is CCC(C/C=C/CCCCCCC(=O)O)CCCCCCC(=O)O. The number of hydrogen-bond acceptors (Lipinski definition) is 2. The van der Waals surface area contributed by atoms with Gasteiger partial charge in [-0.15, -0.1) is 0 Å². The van der Waals surface area contributed by atoms with Crippen molar-refractivity contribution in [3.05, 3.63) is 12.2 Å². The van der Waals surface area contributed by atoms with Crippen LogP contribution in [0.25, 0.3) is 0 Å². The lowest BCUT2D eigenvalue weighted by molar-refractivity contribution is -0.138. The summed E-state index contributed by atoms with van der Waals surface area (Å²) < 4.78 is 0. The normalized spacial score (nSPS) is 12.5. The molecule has 0 rings (SSSR count). The van der Waals surface area contributed by atoms with Crippen LogP contribution in [-0.4, -0.2) is 22.2 Å². The highest BCUT2D eigenvalue weighted by molar-refractivity contribution is 5.66. The van der Waals surface area contributed by atoms with Gasteiger partial charge in [0, 0.05) is 12.8 Å². The first-order valence-corrected chi connectivity index (χ1v) is 9.64. The van der Waals surface area contributed by atoms with Gasteiger partial charge in [-0.2, -0.15) is 0 Å². The van der Waals surface area contributed by atoms with E-state index in [1.165, 1.54) is 19.3 Å². The molecule has 1 unspecified atom stereocenters. The van der Waals surface area contributed by atoms with Gasteiger partial charge in [0.15, 0.2) is 0 Å². The summed E-state index contributed by atoms with van der Waals surface area (Å²) in [5, 5.41) is 17.1. The minimum atomic E-state index is -0.692. The van der Waals surface area contributed by atoms with E-state index in [1.807, 2.05) is 0 Å². The fourth-order valence-electron chi connectivity index (χ4n) is 2.85. The van der Waals surface area contributed by atoms with E-state index in [4.69, 9.17) is 10.2 Å². The Morgan fingerprint density at radius 2 is 1.33 bits per heavy atom. The molecule has 0 spiro atoms. The molecule has 24 heavy (non-hydrogen) atoms. The van der Waals surface area contributed by atoms with Gasteiger partial charge in [-0.3, -0.25) is 9.59 Å². The number of rotatable bonds is 17. The van der Waals surface area contributed by atoms with Crippen molar-refractivity contribution in [1.29, 1.82) is 0 Å². The van der Waals surface area contributed by atoms with Crippen LogP contribution in [0.1, 0.15) is 96.8 Å². The highest BCUT2D eigenvalue weighted by Gasteiger charge is 2.04. The van der Waals surface area contributed by atoms with Crippen LogP contribution in [0.3, 0.4) is 0 Å². The van der Waals surface area contributed by atoms with Crippen molar-refractivity contribution in [3.63, 3.8) is 0 Å². The lowest BCUT2D eigenvalue weighted by Crippen LogP contribution is -1.98. The predicted molar refractivity (Wildman–Crippen MR) is 98.2 cm³/mol. The molecule has 0 aromatic carbocycles. The molecule has 0 aliphatic carbocycles. The second-order valence-corrected chi connectivity index (χ2v) is 6.67. The molecule has 0 amide bonds. The lowest BCUT2D eigenvalue weighted by Gasteiger charge is -2.12. The minimum absolute atomic E-state index is 0.296. The van der Waals surface area contributed by atoms with E-state index in [-0.39, 0.29) is 0 Å². The molecule has 0 saturated carbocycles. The number of hydrogen-bond donors (Lipinski definition) is 2. The summed E-state index contributed by atoms with van der Waals surface area (Å²) in [7, 11) is 0. The van der Waals surface area contributed by atoms with Crippen molar-refractivity contribution in [3.8, 4) is 0 Å². The molecule has 0 heterocycles. The van der Waals surface area contributed by atoms with Gasteiger partial charge in [-0.25, -0.2) is 0 Å². The Bertz CT molecular complexity index is 350. The van der Waals surface area contributed by atoms with Gasteiger partial charge < -0.3 is 10.2 Å². The summed E-state index contributed by atoms with van der Waals surface area (Å²) in [4.78, 5) is 20.8. The molecular formula is C20H36O4. The molecule has 0 aliphatic rings. The highest BCUT2D eigenvalue weighted by atomic mass is 16.4. The first kappa shape index (κ1) is 22.7. The summed E-state index contributed by atoms with van der Waals surface area (Å²) in [6.45, 7) is 2.24. The Morgan fingerprint density at radius 3 is 1.88 bits per heavy atom. The van der Waals surface area contributed by atoms with E-state index in [0.29, 0.717) is 12.8 Å². The van der Waals surface area contributed by atoms with Gasteiger partial charge >= 0.3 is 11.9 Å². The summed E-state index contributed by atoms with van der Waals surface area (Å²) in [5.41, 5.74) is 0. The maximum absolute atomic E-state index is 10.4. The van der Waals surface area contributed by atoms with Crippen molar-refractivity contribution in [2.75, 3.05) is 0 Å². The maximum Gasteiger partial charge on any atom is 0.303 e. The number of carboxylic acids is 2. The monoisotopic (exact) mass is 340 g/mol. The predicted octanol–water partition coefficient (Wildman–Crippen LogP) is 5.81. The highest BCUT2D eigenvalue weighted by Crippen LogP contribution is 2.19. The Hall–Kier alpha value is -1.32. The summed E-state index contributed by atoms with van der Waals surface area (Å²) >= 11 is 0. The molecule has 140 valence electrons. The zero-order chi connectivity index (χ0) is 18.0. The van der Waals surface area contributed by atoms with Crippen LogP contribution >= 0.6 is 0 Å². The molecule has 0 saturated heterocycles. The zero-order valence-corrected chi connectivity index (χ0v) is 15.3. The summed E-state index contributed by atoms with van der Waals surface area (Å²) in [6, 6.07) is 0. The number of allylic oxidation sites excluding steroid dienone is 2. The van der Waals surface area contributed by atoms with E-state index < -0.39 is 11.9 Å². The van der Waals surface area contributed by atoms with Crippen LogP contribution in [0, 0.1) is 5.92 Å². The molecular weight excluding hydrogens is 304 g/mol. The van der Waals surface area contributed by atoms with E-state index in [0.717, 1.165) is 63.7 Å². The van der Waals surface area contributed by atoms with Gasteiger partial charge in [0.2, 0.25) is 0 Å². The third-order valence-corrected chi connectivity index (χ3v) is 4.48. The topological polar surface area (TPSA) is 74.6 Å². The van der Waals surface area contributed by atoms with E-state index in [9.17, 15) is 9.59 Å². The van der Waals surface area contributed by atoms with Gasteiger partial charge in [-0.05, 0) is 38.0 Å². The maximum atomic E-state index is 10.4. The molecule has 0 bridgehead atoms. The fraction of sp³-hybridized carbons (Fsp3) is 0.800. The van der Waals surface area contributed by atoms with Crippen LogP contribution < -0.4 is 0 Å².